The maximum atomic E-state index is 13.2. The van der Waals surface area contributed by atoms with Crippen LogP contribution in [0, 0.1) is 0 Å². The predicted octanol–water partition coefficient (Wildman–Crippen LogP) is 4.02. The third-order valence-electron chi connectivity index (χ3n) is 5.16. The molecule has 3 aromatic rings. The van der Waals surface area contributed by atoms with Gasteiger partial charge in [-0.15, -0.1) is 0 Å². The molecule has 32 heavy (non-hydrogen) atoms. The summed E-state index contributed by atoms with van der Waals surface area (Å²) in [6.07, 6.45) is 3.53. The topological polar surface area (TPSA) is 71.5 Å². The maximum Gasteiger partial charge on any atom is 0.242 e. The van der Waals surface area contributed by atoms with E-state index in [2.05, 4.69) is 10.3 Å². The number of carbonyl (C=O) groups excluding carboxylic acids is 2. The van der Waals surface area contributed by atoms with E-state index in [1.165, 1.54) is 0 Å². The molecule has 0 aliphatic heterocycles. The van der Waals surface area contributed by atoms with E-state index in [0.717, 1.165) is 22.4 Å². The molecular formula is C25H26ClN3O3. The number of methoxy groups -OCH3 is 1. The van der Waals surface area contributed by atoms with Crippen LogP contribution in [0.2, 0.25) is 5.02 Å². The summed E-state index contributed by atoms with van der Waals surface area (Å²) in [4.78, 5) is 31.7. The molecule has 6 nitrogen and oxygen atoms in total. The van der Waals surface area contributed by atoms with Crippen LogP contribution >= 0.6 is 11.6 Å². The number of carbonyl (C=O) groups is 2. The summed E-state index contributed by atoms with van der Waals surface area (Å²) in [6.45, 7) is 2.42. The van der Waals surface area contributed by atoms with Gasteiger partial charge in [-0.25, -0.2) is 0 Å². The fraction of sp³-hybridized carbons (Fsp3) is 0.240. The van der Waals surface area contributed by atoms with Crippen LogP contribution in [0.5, 0.6) is 5.75 Å². The molecule has 1 atom stereocenters. The fourth-order valence-corrected chi connectivity index (χ4v) is 3.35. The Morgan fingerprint density at radius 2 is 1.59 bits per heavy atom. The van der Waals surface area contributed by atoms with E-state index in [4.69, 9.17) is 16.3 Å². The lowest BCUT2D eigenvalue weighted by Gasteiger charge is -2.29. The van der Waals surface area contributed by atoms with Crippen LogP contribution in [-0.2, 0) is 29.1 Å². The van der Waals surface area contributed by atoms with Crippen molar-refractivity contribution in [2.45, 2.75) is 32.5 Å². The quantitative estimate of drug-likeness (QED) is 0.533. The van der Waals surface area contributed by atoms with Gasteiger partial charge < -0.3 is 15.0 Å². The molecule has 1 heterocycles. The Balaban J connectivity index is 1.74. The lowest BCUT2D eigenvalue weighted by molar-refractivity contribution is -0.140. The Kier molecular flexibility index (Phi) is 8.22. The Bertz CT molecular complexity index is 1020. The van der Waals surface area contributed by atoms with Crippen LogP contribution in [0.4, 0.5) is 0 Å². The molecule has 0 bridgehead atoms. The van der Waals surface area contributed by atoms with Crippen molar-refractivity contribution in [3.8, 4) is 5.75 Å². The first-order valence-electron chi connectivity index (χ1n) is 10.3. The van der Waals surface area contributed by atoms with E-state index in [1.807, 2.05) is 48.5 Å². The normalized spacial score (nSPS) is 11.5. The fourth-order valence-electron chi connectivity index (χ4n) is 3.23. The van der Waals surface area contributed by atoms with Crippen molar-refractivity contribution in [1.82, 2.24) is 15.2 Å². The third kappa shape index (κ3) is 6.56. The average Bonchev–Trinajstić information content (AvgIpc) is 2.83. The second kappa shape index (κ2) is 11.3. The van der Waals surface area contributed by atoms with Crippen molar-refractivity contribution in [2.75, 3.05) is 7.11 Å². The number of aromatic nitrogens is 1. The van der Waals surface area contributed by atoms with Crippen molar-refractivity contribution in [2.24, 2.45) is 0 Å². The number of hydrogen-bond acceptors (Lipinski definition) is 4. The van der Waals surface area contributed by atoms with Crippen LogP contribution in [0.15, 0.2) is 73.1 Å². The van der Waals surface area contributed by atoms with Gasteiger partial charge in [0, 0.05) is 30.5 Å². The highest BCUT2D eigenvalue weighted by Gasteiger charge is 2.26. The second-order valence-electron chi connectivity index (χ2n) is 7.42. The number of amides is 2. The van der Waals surface area contributed by atoms with Crippen LogP contribution < -0.4 is 10.1 Å². The molecule has 1 N–H and O–H groups in total. The van der Waals surface area contributed by atoms with Gasteiger partial charge in [-0.05, 0) is 60.0 Å². The molecule has 0 radical (unpaired) electrons. The van der Waals surface area contributed by atoms with E-state index >= 15 is 0 Å². The van der Waals surface area contributed by atoms with Gasteiger partial charge >= 0.3 is 0 Å². The highest BCUT2D eigenvalue weighted by molar-refractivity contribution is 6.30. The lowest BCUT2D eigenvalue weighted by atomic mass is 10.1. The molecule has 1 aromatic heterocycles. The van der Waals surface area contributed by atoms with E-state index < -0.39 is 6.04 Å². The zero-order valence-electron chi connectivity index (χ0n) is 18.1. The molecular weight excluding hydrogens is 426 g/mol. The Morgan fingerprint density at radius 3 is 2.22 bits per heavy atom. The van der Waals surface area contributed by atoms with Crippen LogP contribution in [0.25, 0.3) is 0 Å². The molecule has 2 aromatic carbocycles. The summed E-state index contributed by atoms with van der Waals surface area (Å²) in [5.41, 5.74) is 2.68. The molecule has 0 spiro atoms. The summed E-state index contributed by atoms with van der Waals surface area (Å²) in [6, 6.07) is 17.6. The van der Waals surface area contributed by atoms with Gasteiger partial charge in [0.2, 0.25) is 11.8 Å². The number of pyridine rings is 1. The molecule has 0 saturated carbocycles. The molecule has 0 unspecified atom stereocenters. The summed E-state index contributed by atoms with van der Waals surface area (Å²) in [5, 5.41) is 3.52. The minimum absolute atomic E-state index is 0.144. The Labute approximate surface area is 193 Å². The Morgan fingerprint density at radius 1 is 0.969 bits per heavy atom. The first-order chi connectivity index (χ1) is 15.5. The van der Waals surface area contributed by atoms with E-state index in [1.54, 1.807) is 43.5 Å². The summed E-state index contributed by atoms with van der Waals surface area (Å²) < 4.78 is 5.21. The third-order valence-corrected chi connectivity index (χ3v) is 5.42. The minimum Gasteiger partial charge on any atom is -0.497 e. The van der Waals surface area contributed by atoms with Crippen LogP contribution in [0.1, 0.15) is 23.6 Å². The highest BCUT2D eigenvalue weighted by Crippen LogP contribution is 2.17. The molecule has 166 valence electrons. The predicted molar refractivity (Wildman–Crippen MR) is 124 cm³/mol. The number of benzene rings is 2. The molecule has 0 aliphatic rings. The van der Waals surface area contributed by atoms with Crippen molar-refractivity contribution in [3.63, 3.8) is 0 Å². The number of ether oxygens (including phenoxy) is 1. The van der Waals surface area contributed by atoms with Gasteiger partial charge in [-0.2, -0.15) is 0 Å². The van der Waals surface area contributed by atoms with Gasteiger partial charge in [0.25, 0.3) is 0 Å². The van der Waals surface area contributed by atoms with Gasteiger partial charge in [0.1, 0.15) is 11.8 Å². The zero-order valence-corrected chi connectivity index (χ0v) is 18.9. The number of halogens is 1. The molecule has 3 rings (SSSR count). The summed E-state index contributed by atoms with van der Waals surface area (Å²) in [7, 11) is 1.60. The van der Waals surface area contributed by atoms with Crippen LogP contribution in [-0.4, -0.2) is 34.8 Å². The molecule has 0 saturated heterocycles. The van der Waals surface area contributed by atoms with Gasteiger partial charge in [-0.3, -0.25) is 14.6 Å². The standard InChI is InChI=1S/C25H26ClN3O3/c1-18(25(31)28-16-20-11-13-27-14-12-20)29(17-21-5-9-23(32-2)10-6-21)24(30)15-19-3-7-22(26)8-4-19/h3-14,18H,15-17H2,1-2H3,(H,28,31)/t18-/m1/s1. The van der Waals surface area contributed by atoms with Gasteiger partial charge in [-0.1, -0.05) is 35.9 Å². The average molecular weight is 452 g/mol. The second-order valence-corrected chi connectivity index (χ2v) is 7.86. The first kappa shape index (κ1) is 23.3. The number of nitrogens with zero attached hydrogens (tertiary/aromatic N) is 2. The van der Waals surface area contributed by atoms with Gasteiger partial charge in [0.15, 0.2) is 0 Å². The molecule has 0 aliphatic carbocycles. The van der Waals surface area contributed by atoms with Gasteiger partial charge in [0.05, 0.1) is 13.5 Å². The smallest absolute Gasteiger partial charge is 0.242 e. The lowest BCUT2D eigenvalue weighted by Crippen LogP contribution is -2.47. The van der Waals surface area contributed by atoms with Crippen LogP contribution in [0.3, 0.4) is 0 Å². The molecule has 2 amide bonds. The Hall–Kier alpha value is -3.38. The molecule has 0 fully saturated rings. The minimum atomic E-state index is -0.654. The maximum absolute atomic E-state index is 13.2. The van der Waals surface area contributed by atoms with E-state index in [-0.39, 0.29) is 18.2 Å². The monoisotopic (exact) mass is 451 g/mol. The largest absolute Gasteiger partial charge is 0.497 e. The SMILES string of the molecule is COc1ccc(CN(C(=O)Cc2ccc(Cl)cc2)[C@H](C)C(=O)NCc2ccncc2)cc1. The summed E-state index contributed by atoms with van der Waals surface area (Å²) in [5.74, 6) is 0.366. The number of nitrogens with one attached hydrogen (secondary N) is 1. The zero-order chi connectivity index (χ0) is 22.9. The number of hydrogen-bond donors (Lipinski definition) is 1. The van der Waals surface area contributed by atoms with E-state index in [0.29, 0.717) is 18.1 Å². The van der Waals surface area contributed by atoms with E-state index in [9.17, 15) is 9.59 Å². The highest BCUT2D eigenvalue weighted by atomic mass is 35.5. The van der Waals surface area contributed by atoms with Crippen molar-refractivity contribution in [1.29, 1.82) is 0 Å². The van der Waals surface area contributed by atoms with Crippen molar-refractivity contribution >= 4 is 23.4 Å². The molecule has 7 heteroatoms. The first-order valence-corrected chi connectivity index (χ1v) is 10.7. The summed E-state index contributed by atoms with van der Waals surface area (Å²) >= 11 is 5.96. The van der Waals surface area contributed by atoms with Crippen molar-refractivity contribution < 1.29 is 14.3 Å². The number of rotatable bonds is 9. The van der Waals surface area contributed by atoms with Crippen molar-refractivity contribution in [3.05, 3.63) is 94.8 Å².